The zero-order valence-electron chi connectivity index (χ0n) is 15.5. The second kappa shape index (κ2) is 7.57. The summed E-state index contributed by atoms with van der Waals surface area (Å²) in [6.45, 7) is 0. The van der Waals surface area contributed by atoms with Crippen LogP contribution in [0.5, 0.6) is 0 Å². The van der Waals surface area contributed by atoms with Crippen molar-refractivity contribution in [1.29, 1.82) is 0 Å². The van der Waals surface area contributed by atoms with Gasteiger partial charge in [0.2, 0.25) is 0 Å². The van der Waals surface area contributed by atoms with Gasteiger partial charge in [-0.25, -0.2) is 13.2 Å². The fourth-order valence-electron chi connectivity index (χ4n) is 3.08. The number of hydrogen-bond donors (Lipinski definition) is 0. The Morgan fingerprint density at radius 2 is 1.40 bits per heavy atom. The molecule has 3 aromatic rings. The standard InChI is InChI=1S/C22H15NO6S/c24-20-18-11-4-5-12-19(18)21(25)23(20)29-22(26)16-9-6-10-17(13-16)30(27,28)14-15-7-2-1-3-8-15/h1-13H,14H2. The highest BCUT2D eigenvalue weighted by Crippen LogP contribution is 2.24. The van der Waals surface area contributed by atoms with Gasteiger partial charge in [-0.2, -0.15) is 0 Å². The lowest BCUT2D eigenvalue weighted by atomic mass is 10.1. The van der Waals surface area contributed by atoms with Crippen molar-refractivity contribution in [3.8, 4) is 0 Å². The maximum Gasteiger partial charge on any atom is 0.363 e. The lowest BCUT2D eigenvalue weighted by molar-refractivity contribution is -0.0584. The number of hydroxylamine groups is 2. The average molecular weight is 421 g/mol. The molecule has 0 saturated carbocycles. The predicted molar refractivity (Wildman–Crippen MR) is 106 cm³/mol. The fourth-order valence-corrected chi connectivity index (χ4v) is 4.47. The molecule has 0 radical (unpaired) electrons. The van der Waals surface area contributed by atoms with Crippen LogP contribution in [0.15, 0.2) is 83.8 Å². The number of fused-ring (bicyclic) bond motifs is 1. The molecule has 0 unspecified atom stereocenters. The van der Waals surface area contributed by atoms with E-state index in [1.54, 1.807) is 42.5 Å². The van der Waals surface area contributed by atoms with E-state index in [4.69, 9.17) is 4.84 Å². The Hall–Kier alpha value is -3.78. The number of carbonyl (C=O) groups excluding carboxylic acids is 3. The number of nitrogens with zero attached hydrogens (tertiary/aromatic N) is 1. The Kier molecular flexibility index (Phi) is 4.93. The van der Waals surface area contributed by atoms with Crippen molar-refractivity contribution in [2.24, 2.45) is 0 Å². The molecule has 0 bridgehead atoms. The quantitative estimate of drug-likeness (QED) is 0.588. The molecule has 4 rings (SSSR count). The first-order valence-electron chi connectivity index (χ1n) is 8.94. The number of amides is 2. The number of sulfone groups is 1. The normalized spacial score (nSPS) is 13.3. The van der Waals surface area contributed by atoms with E-state index in [0.29, 0.717) is 10.6 Å². The molecule has 1 aliphatic rings. The third-order valence-electron chi connectivity index (χ3n) is 4.56. The highest BCUT2D eigenvalue weighted by molar-refractivity contribution is 7.90. The molecule has 1 heterocycles. The van der Waals surface area contributed by atoms with Crippen LogP contribution in [-0.4, -0.2) is 31.3 Å². The van der Waals surface area contributed by atoms with Crippen LogP contribution < -0.4 is 0 Å². The van der Waals surface area contributed by atoms with Crippen molar-refractivity contribution in [2.75, 3.05) is 0 Å². The summed E-state index contributed by atoms with van der Waals surface area (Å²) in [5, 5.41) is 0.387. The smallest absolute Gasteiger partial charge is 0.324 e. The Labute approximate surface area is 172 Å². The van der Waals surface area contributed by atoms with Crippen LogP contribution in [0.3, 0.4) is 0 Å². The van der Waals surface area contributed by atoms with E-state index in [-0.39, 0.29) is 27.3 Å². The molecule has 0 fully saturated rings. The van der Waals surface area contributed by atoms with Crippen LogP contribution in [0.25, 0.3) is 0 Å². The molecule has 3 aromatic carbocycles. The van der Waals surface area contributed by atoms with Gasteiger partial charge < -0.3 is 4.84 Å². The van der Waals surface area contributed by atoms with Crippen LogP contribution in [0.4, 0.5) is 0 Å². The molecule has 0 N–H and O–H groups in total. The maximum atomic E-state index is 12.7. The molecule has 0 aromatic heterocycles. The molecular formula is C22H15NO6S. The fraction of sp³-hybridized carbons (Fsp3) is 0.0455. The first-order valence-corrected chi connectivity index (χ1v) is 10.6. The van der Waals surface area contributed by atoms with Crippen LogP contribution in [0.1, 0.15) is 36.6 Å². The molecule has 2 amide bonds. The Morgan fingerprint density at radius 1 is 0.800 bits per heavy atom. The summed E-state index contributed by atoms with van der Waals surface area (Å²) < 4.78 is 25.4. The van der Waals surface area contributed by atoms with Crippen molar-refractivity contribution in [3.63, 3.8) is 0 Å². The third-order valence-corrected chi connectivity index (χ3v) is 6.24. The minimum absolute atomic E-state index is 0.0665. The zero-order valence-corrected chi connectivity index (χ0v) is 16.3. The van der Waals surface area contributed by atoms with Crippen molar-refractivity contribution >= 4 is 27.6 Å². The molecule has 0 spiro atoms. The van der Waals surface area contributed by atoms with Gasteiger partial charge in [-0.1, -0.05) is 53.6 Å². The summed E-state index contributed by atoms with van der Waals surface area (Å²) in [4.78, 5) is 42.1. The SMILES string of the molecule is O=C(ON1C(=O)c2ccccc2C1=O)c1cccc(S(=O)(=O)Cc2ccccc2)c1. The molecule has 30 heavy (non-hydrogen) atoms. The summed E-state index contributed by atoms with van der Waals surface area (Å²) in [6, 6.07) is 20.0. The summed E-state index contributed by atoms with van der Waals surface area (Å²) in [5.41, 5.74) is 0.779. The first-order chi connectivity index (χ1) is 14.4. The maximum absolute atomic E-state index is 12.7. The first kappa shape index (κ1) is 19.5. The average Bonchev–Trinajstić information content (AvgIpc) is 2.99. The van der Waals surface area contributed by atoms with Crippen molar-refractivity contribution < 1.29 is 27.6 Å². The van der Waals surface area contributed by atoms with Crippen LogP contribution >= 0.6 is 0 Å². The molecular weight excluding hydrogens is 406 g/mol. The van der Waals surface area contributed by atoms with E-state index in [1.807, 2.05) is 0 Å². The van der Waals surface area contributed by atoms with Gasteiger partial charge in [0.05, 0.1) is 27.3 Å². The van der Waals surface area contributed by atoms with Gasteiger partial charge in [0.1, 0.15) is 0 Å². The largest absolute Gasteiger partial charge is 0.363 e. The van der Waals surface area contributed by atoms with E-state index in [0.717, 1.165) is 0 Å². The van der Waals surface area contributed by atoms with E-state index in [1.165, 1.54) is 36.4 Å². The second-order valence-electron chi connectivity index (χ2n) is 6.60. The van der Waals surface area contributed by atoms with Crippen LogP contribution in [0, 0.1) is 0 Å². The zero-order chi connectivity index (χ0) is 21.3. The van der Waals surface area contributed by atoms with Crippen molar-refractivity contribution in [3.05, 3.63) is 101 Å². The number of carbonyl (C=O) groups is 3. The number of imide groups is 1. The van der Waals surface area contributed by atoms with Gasteiger partial charge in [0, 0.05) is 0 Å². The Morgan fingerprint density at radius 3 is 2.03 bits per heavy atom. The minimum Gasteiger partial charge on any atom is -0.324 e. The molecule has 8 heteroatoms. The number of hydrogen-bond acceptors (Lipinski definition) is 6. The highest BCUT2D eigenvalue weighted by atomic mass is 32.2. The molecule has 7 nitrogen and oxygen atoms in total. The number of benzene rings is 3. The topological polar surface area (TPSA) is 97.8 Å². The Balaban J connectivity index is 1.55. The van der Waals surface area contributed by atoms with Crippen molar-refractivity contribution in [1.82, 2.24) is 5.06 Å². The molecule has 0 aliphatic carbocycles. The van der Waals surface area contributed by atoms with Gasteiger partial charge in [-0.05, 0) is 35.9 Å². The van der Waals surface area contributed by atoms with Crippen LogP contribution in [0.2, 0.25) is 0 Å². The molecule has 0 saturated heterocycles. The molecule has 150 valence electrons. The van der Waals surface area contributed by atoms with Gasteiger partial charge in [-0.3, -0.25) is 9.59 Å². The summed E-state index contributed by atoms with van der Waals surface area (Å²) >= 11 is 0. The number of rotatable bonds is 5. The predicted octanol–water partition coefficient (Wildman–Crippen LogP) is 3.03. The van der Waals surface area contributed by atoms with Crippen molar-refractivity contribution in [2.45, 2.75) is 10.6 Å². The van der Waals surface area contributed by atoms with Gasteiger partial charge in [0.25, 0.3) is 11.8 Å². The summed E-state index contributed by atoms with van der Waals surface area (Å²) in [7, 11) is -3.72. The third kappa shape index (κ3) is 3.60. The van der Waals surface area contributed by atoms with E-state index < -0.39 is 27.6 Å². The van der Waals surface area contributed by atoms with E-state index in [2.05, 4.69) is 0 Å². The Bertz CT molecular complexity index is 1230. The summed E-state index contributed by atoms with van der Waals surface area (Å²) in [5.74, 6) is -2.75. The highest BCUT2D eigenvalue weighted by Gasteiger charge is 2.38. The monoisotopic (exact) mass is 421 g/mol. The lowest BCUT2D eigenvalue weighted by Crippen LogP contribution is -2.32. The summed E-state index contributed by atoms with van der Waals surface area (Å²) in [6.07, 6.45) is 0. The molecule has 0 atom stereocenters. The molecule has 1 aliphatic heterocycles. The van der Waals surface area contributed by atoms with E-state index >= 15 is 0 Å². The van der Waals surface area contributed by atoms with Crippen LogP contribution in [-0.2, 0) is 20.4 Å². The van der Waals surface area contributed by atoms with Gasteiger partial charge in [0.15, 0.2) is 9.84 Å². The van der Waals surface area contributed by atoms with E-state index in [9.17, 15) is 22.8 Å². The lowest BCUT2D eigenvalue weighted by Gasteiger charge is -2.13. The van der Waals surface area contributed by atoms with Gasteiger partial charge >= 0.3 is 5.97 Å². The van der Waals surface area contributed by atoms with Gasteiger partial charge in [-0.15, -0.1) is 0 Å². The minimum atomic E-state index is -3.72. The second-order valence-corrected chi connectivity index (χ2v) is 8.59.